The van der Waals surface area contributed by atoms with Gasteiger partial charge in [0.2, 0.25) is 11.0 Å². The number of aromatic nitrogens is 2. The van der Waals surface area contributed by atoms with Gasteiger partial charge in [-0.1, -0.05) is 53.8 Å². The van der Waals surface area contributed by atoms with E-state index in [0.29, 0.717) is 5.13 Å². The number of nitrogens with one attached hydrogen (secondary N) is 1. The van der Waals surface area contributed by atoms with E-state index >= 15 is 0 Å². The summed E-state index contributed by atoms with van der Waals surface area (Å²) in [5.41, 5.74) is 2.18. The van der Waals surface area contributed by atoms with E-state index in [2.05, 4.69) is 15.5 Å². The highest BCUT2D eigenvalue weighted by Crippen LogP contribution is 2.18. The Morgan fingerprint density at radius 3 is 2.58 bits per heavy atom. The molecule has 26 heavy (non-hydrogen) atoms. The first-order valence-corrected chi connectivity index (χ1v) is 9.04. The highest BCUT2D eigenvalue weighted by molar-refractivity contribution is 7.15. The molecule has 0 atom stereocenters. The molecule has 0 spiro atoms. The monoisotopic (exact) mass is 365 g/mol. The number of nitrogens with zero attached hydrogens (tertiary/aromatic N) is 2. The SMILES string of the molecule is COc1ccc(CCc2nnc(NC(=O)C=Cc3ccccc3)s2)cc1. The van der Waals surface area contributed by atoms with Crippen molar-refractivity contribution in [2.24, 2.45) is 0 Å². The van der Waals surface area contributed by atoms with Gasteiger partial charge in [0.15, 0.2) is 0 Å². The fourth-order valence-electron chi connectivity index (χ4n) is 2.33. The van der Waals surface area contributed by atoms with E-state index in [4.69, 9.17) is 4.74 Å². The van der Waals surface area contributed by atoms with E-state index in [9.17, 15) is 4.79 Å². The van der Waals surface area contributed by atoms with Crippen LogP contribution in [0.5, 0.6) is 5.75 Å². The van der Waals surface area contributed by atoms with Crippen molar-refractivity contribution >= 4 is 28.5 Å². The molecule has 1 amide bonds. The van der Waals surface area contributed by atoms with Gasteiger partial charge in [-0.15, -0.1) is 10.2 Å². The van der Waals surface area contributed by atoms with Crippen molar-refractivity contribution in [1.82, 2.24) is 10.2 Å². The lowest BCUT2D eigenvalue weighted by atomic mass is 10.1. The Hall–Kier alpha value is -2.99. The van der Waals surface area contributed by atoms with Crippen molar-refractivity contribution in [3.8, 4) is 5.75 Å². The Balaban J connectivity index is 1.50. The number of hydrogen-bond donors (Lipinski definition) is 1. The topological polar surface area (TPSA) is 64.1 Å². The molecule has 0 unspecified atom stereocenters. The van der Waals surface area contributed by atoms with E-state index in [-0.39, 0.29) is 5.91 Å². The molecule has 1 aromatic heterocycles. The second kappa shape index (κ2) is 8.92. The van der Waals surface area contributed by atoms with Crippen LogP contribution in [0.3, 0.4) is 0 Å². The number of ether oxygens (including phenoxy) is 1. The van der Waals surface area contributed by atoms with Crippen LogP contribution < -0.4 is 10.1 Å². The van der Waals surface area contributed by atoms with Crippen molar-refractivity contribution in [3.05, 3.63) is 76.8 Å². The molecule has 3 aromatic rings. The summed E-state index contributed by atoms with van der Waals surface area (Å²) in [6.45, 7) is 0. The molecule has 0 bridgehead atoms. The fraction of sp³-hybridized carbons (Fsp3) is 0.150. The van der Waals surface area contributed by atoms with Gasteiger partial charge in [0.05, 0.1) is 7.11 Å². The lowest BCUT2D eigenvalue weighted by molar-refractivity contribution is -0.111. The number of benzene rings is 2. The van der Waals surface area contributed by atoms with Crippen LogP contribution in [0.1, 0.15) is 16.1 Å². The molecule has 1 N–H and O–H groups in total. The molecule has 0 saturated heterocycles. The Kier molecular flexibility index (Phi) is 6.11. The van der Waals surface area contributed by atoms with E-state index < -0.39 is 0 Å². The molecule has 132 valence electrons. The van der Waals surface area contributed by atoms with Crippen LogP contribution >= 0.6 is 11.3 Å². The zero-order valence-electron chi connectivity index (χ0n) is 14.4. The number of hydrogen-bond acceptors (Lipinski definition) is 5. The molecule has 0 aliphatic carbocycles. The summed E-state index contributed by atoms with van der Waals surface area (Å²) in [6.07, 6.45) is 4.90. The normalized spacial score (nSPS) is 10.8. The molecule has 0 fully saturated rings. The number of rotatable bonds is 7. The second-order valence-electron chi connectivity index (χ2n) is 5.58. The fourth-order valence-corrected chi connectivity index (χ4v) is 3.07. The number of aryl methyl sites for hydroxylation is 2. The van der Waals surface area contributed by atoms with Gasteiger partial charge in [-0.05, 0) is 35.8 Å². The summed E-state index contributed by atoms with van der Waals surface area (Å²) in [5, 5.41) is 12.3. The standard InChI is InChI=1S/C20H19N3O2S/c1-25-17-11-7-16(8-12-17)10-14-19-22-23-20(26-19)21-18(24)13-9-15-5-3-2-4-6-15/h2-9,11-13H,10,14H2,1H3,(H,21,23,24). The van der Waals surface area contributed by atoms with Gasteiger partial charge >= 0.3 is 0 Å². The molecule has 6 heteroatoms. The predicted octanol–water partition coefficient (Wildman–Crippen LogP) is 3.98. The molecule has 3 rings (SSSR count). The van der Waals surface area contributed by atoms with Crippen molar-refractivity contribution < 1.29 is 9.53 Å². The minimum absolute atomic E-state index is 0.216. The molecule has 0 aliphatic heterocycles. The Labute approximate surface area is 156 Å². The minimum atomic E-state index is -0.216. The third kappa shape index (κ3) is 5.26. The number of methoxy groups -OCH3 is 1. The third-order valence-corrected chi connectivity index (χ3v) is 4.61. The number of carbonyl (C=O) groups excluding carboxylic acids is 1. The van der Waals surface area contributed by atoms with Crippen LogP contribution in [-0.2, 0) is 17.6 Å². The predicted molar refractivity (Wildman–Crippen MR) is 104 cm³/mol. The van der Waals surface area contributed by atoms with E-state index in [0.717, 1.165) is 29.2 Å². The van der Waals surface area contributed by atoms with Crippen LogP contribution in [-0.4, -0.2) is 23.2 Å². The average molecular weight is 365 g/mol. The van der Waals surface area contributed by atoms with Gasteiger partial charge in [-0.2, -0.15) is 0 Å². The number of anilines is 1. The lowest BCUT2D eigenvalue weighted by Crippen LogP contribution is -2.07. The van der Waals surface area contributed by atoms with Crippen molar-refractivity contribution in [2.45, 2.75) is 12.8 Å². The van der Waals surface area contributed by atoms with Crippen LogP contribution in [0.4, 0.5) is 5.13 Å². The van der Waals surface area contributed by atoms with Gasteiger partial charge in [-0.3, -0.25) is 10.1 Å². The van der Waals surface area contributed by atoms with E-state index in [1.165, 1.54) is 23.0 Å². The number of carbonyl (C=O) groups is 1. The highest BCUT2D eigenvalue weighted by Gasteiger charge is 2.07. The van der Waals surface area contributed by atoms with Gasteiger partial charge in [0.1, 0.15) is 10.8 Å². The summed E-state index contributed by atoms with van der Waals surface area (Å²) in [4.78, 5) is 12.0. The third-order valence-electron chi connectivity index (χ3n) is 3.71. The van der Waals surface area contributed by atoms with Crippen LogP contribution in [0.2, 0.25) is 0 Å². The first kappa shape index (κ1) is 17.8. The second-order valence-corrected chi connectivity index (χ2v) is 6.64. The lowest BCUT2D eigenvalue weighted by Gasteiger charge is -2.01. The maximum absolute atomic E-state index is 12.0. The maximum atomic E-state index is 12.0. The molecule has 0 saturated carbocycles. The van der Waals surface area contributed by atoms with Gasteiger partial charge < -0.3 is 4.74 Å². The quantitative estimate of drug-likeness (QED) is 0.643. The van der Waals surface area contributed by atoms with Crippen LogP contribution in [0.15, 0.2) is 60.7 Å². The molecule has 2 aromatic carbocycles. The smallest absolute Gasteiger partial charge is 0.250 e. The molecular weight excluding hydrogens is 346 g/mol. The van der Waals surface area contributed by atoms with Crippen molar-refractivity contribution in [1.29, 1.82) is 0 Å². The minimum Gasteiger partial charge on any atom is -0.497 e. The average Bonchev–Trinajstić information content (AvgIpc) is 3.13. The summed E-state index contributed by atoms with van der Waals surface area (Å²) in [6, 6.07) is 17.6. The summed E-state index contributed by atoms with van der Waals surface area (Å²) >= 11 is 1.40. The maximum Gasteiger partial charge on any atom is 0.250 e. The van der Waals surface area contributed by atoms with Crippen molar-refractivity contribution in [3.63, 3.8) is 0 Å². The molecule has 0 aliphatic rings. The Morgan fingerprint density at radius 2 is 1.85 bits per heavy atom. The zero-order valence-corrected chi connectivity index (χ0v) is 15.2. The molecule has 1 heterocycles. The van der Waals surface area contributed by atoms with Crippen molar-refractivity contribution in [2.75, 3.05) is 12.4 Å². The van der Waals surface area contributed by atoms with E-state index in [1.807, 2.05) is 54.6 Å². The molecule has 0 radical (unpaired) electrons. The Bertz CT molecular complexity index is 874. The number of amides is 1. The largest absolute Gasteiger partial charge is 0.497 e. The zero-order chi connectivity index (χ0) is 18.2. The highest BCUT2D eigenvalue weighted by atomic mass is 32.1. The van der Waals surface area contributed by atoms with Gasteiger partial charge in [0, 0.05) is 12.5 Å². The van der Waals surface area contributed by atoms with Crippen LogP contribution in [0.25, 0.3) is 6.08 Å². The van der Waals surface area contributed by atoms with Gasteiger partial charge in [-0.25, -0.2) is 0 Å². The summed E-state index contributed by atoms with van der Waals surface area (Å²) in [5.74, 6) is 0.630. The first-order valence-electron chi connectivity index (χ1n) is 8.22. The summed E-state index contributed by atoms with van der Waals surface area (Å²) in [7, 11) is 1.65. The molecule has 5 nitrogen and oxygen atoms in total. The summed E-state index contributed by atoms with van der Waals surface area (Å²) < 4.78 is 5.15. The molecular formula is C20H19N3O2S. The van der Waals surface area contributed by atoms with Gasteiger partial charge in [0.25, 0.3) is 0 Å². The first-order chi connectivity index (χ1) is 12.7. The van der Waals surface area contributed by atoms with Crippen LogP contribution in [0, 0.1) is 0 Å². The van der Waals surface area contributed by atoms with E-state index in [1.54, 1.807) is 13.2 Å². The Morgan fingerprint density at radius 1 is 1.08 bits per heavy atom.